The minimum absolute atomic E-state index is 0.167. The van der Waals surface area contributed by atoms with E-state index in [-0.39, 0.29) is 12.6 Å². The van der Waals surface area contributed by atoms with Crippen molar-refractivity contribution in [1.82, 2.24) is 5.32 Å². The van der Waals surface area contributed by atoms with Crippen molar-refractivity contribution in [3.63, 3.8) is 0 Å². The van der Waals surface area contributed by atoms with Crippen LogP contribution in [0.4, 0.5) is 0 Å². The molecule has 0 saturated carbocycles. The highest BCUT2D eigenvalue weighted by molar-refractivity contribution is 7.07. The summed E-state index contributed by atoms with van der Waals surface area (Å²) in [4.78, 5) is 0. The smallest absolute Gasteiger partial charge is 0.0582 e. The van der Waals surface area contributed by atoms with Crippen LogP contribution in [0.5, 0.6) is 0 Å². The average Bonchev–Trinajstić information content (AvgIpc) is 2.56. The molecule has 2 N–H and O–H groups in total. The summed E-state index contributed by atoms with van der Waals surface area (Å²) < 4.78 is 0. The molecule has 2 atom stereocenters. The van der Waals surface area contributed by atoms with E-state index in [1.54, 1.807) is 11.3 Å². The number of thiophene rings is 1. The standard InChI is InChI=1S/C9H15NOS/c1-7(5-11)10-8(2)9-3-4-12-6-9/h3-4,6-8,10-11H,5H2,1-2H3/t7-,8?/m0/s1. The summed E-state index contributed by atoms with van der Waals surface area (Å²) in [6, 6.07) is 2.60. The molecule has 0 amide bonds. The number of aliphatic hydroxyl groups is 1. The van der Waals surface area contributed by atoms with Crippen molar-refractivity contribution >= 4 is 11.3 Å². The van der Waals surface area contributed by atoms with Crippen LogP contribution in [-0.4, -0.2) is 17.8 Å². The third-order valence-electron chi connectivity index (χ3n) is 1.85. The molecule has 3 heteroatoms. The van der Waals surface area contributed by atoms with Crippen molar-refractivity contribution in [3.05, 3.63) is 22.4 Å². The molecule has 0 aliphatic carbocycles. The second-order valence-electron chi connectivity index (χ2n) is 3.03. The quantitative estimate of drug-likeness (QED) is 0.749. The maximum absolute atomic E-state index is 8.82. The Morgan fingerprint density at radius 1 is 1.58 bits per heavy atom. The second kappa shape index (κ2) is 4.60. The highest BCUT2D eigenvalue weighted by atomic mass is 32.1. The maximum Gasteiger partial charge on any atom is 0.0582 e. The van der Waals surface area contributed by atoms with Gasteiger partial charge in [0.05, 0.1) is 6.61 Å². The zero-order chi connectivity index (χ0) is 8.97. The molecule has 0 aliphatic heterocycles. The number of hydrogen-bond acceptors (Lipinski definition) is 3. The van der Waals surface area contributed by atoms with Gasteiger partial charge in [0.25, 0.3) is 0 Å². The molecular formula is C9H15NOS. The minimum atomic E-state index is 0.167. The molecule has 1 unspecified atom stereocenters. The molecule has 0 saturated heterocycles. The van der Waals surface area contributed by atoms with E-state index in [1.807, 2.05) is 6.92 Å². The number of nitrogens with one attached hydrogen (secondary N) is 1. The van der Waals surface area contributed by atoms with Gasteiger partial charge in [0.1, 0.15) is 0 Å². The van der Waals surface area contributed by atoms with E-state index in [0.717, 1.165) is 0 Å². The van der Waals surface area contributed by atoms with Crippen LogP contribution in [0.1, 0.15) is 25.5 Å². The third kappa shape index (κ3) is 2.59. The Kier molecular flexibility index (Phi) is 3.72. The van der Waals surface area contributed by atoms with Crippen molar-refractivity contribution in [2.45, 2.75) is 25.9 Å². The summed E-state index contributed by atoms with van der Waals surface area (Å²) in [6.07, 6.45) is 0. The Morgan fingerprint density at radius 3 is 2.83 bits per heavy atom. The van der Waals surface area contributed by atoms with E-state index in [2.05, 4.69) is 29.1 Å². The van der Waals surface area contributed by atoms with Gasteiger partial charge in [0.2, 0.25) is 0 Å². The lowest BCUT2D eigenvalue weighted by molar-refractivity contribution is 0.243. The van der Waals surface area contributed by atoms with Gasteiger partial charge >= 0.3 is 0 Å². The van der Waals surface area contributed by atoms with Gasteiger partial charge in [-0.2, -0.15) is 11.3 Å². The number of hydrogen-bond donors (Lipinski definition) is 2. The summed E-state index contributed by atoms with van der Waals surface area (Å²) in [5.74, 6) is 0. The molecule has 1 rings (SSSR count). The Balaban J connectivity index is 2.44. The Hall–Kier alpha value is -0.380. The largest absolute Gasteiger partial charge is 0.395 e. The average molecular weight is 185 g/mol. The maximum atomic E-state index is 8.82. The van der Waals surface area contributed by atoms with E-state index in [9.17, 15) is 0 Å². The minimum Gasteiger partial charge on any atom is -0.395 e. The van der Waals surface area contributed by atoms with E-state index in [0.29, 0.717) is 6.04 Å². The van der Waals surface area contributed by atoms with Crippen LogP contribution >= 0.6 is 11.3 Å². The first-order valence-electron chi connectivity index (χ1n) is 4.13. The SMILES string of the molecule is CC(N[C@@H](C)CO)c1ccsc1. The zero-order valence-corrected chi connectivity index (χ0v) is 8.27. The molecule has 0 bridgehead atoms. The van der Waals surface area contributed by atoms with Crippen LogP contribution in [-0.2, 0) is 0 Å². The molecule has 1 heterocycles. The number of rotatable bonds is 4. The van der Waals surface area contributed by atoms with Crippen LogP contribution < -0.4 is 5.32 Å². The molecule has 1 aromatic rings. The molecule has 1 aromatic heterocycles. The molecule has 0 aromatic carbocycles. The first kappa shape index (κ1) is 9.71. The summed E-state index contributed by atoms with van der Waals surface area (Å²) in [5, 5.41) is 16.3. The van der Waals surface area contributed by atoms with Crippen molar-refractivity contribution < 1.29 is 5.11 Å². The van der Waals surface area contributed by atoms with Gasteiger partial charge in [-0.3, -0.25) is 0 Å². The van der Waals surface area contributed by atoms with E-state index in [1.165, 1.54) is 5.56 Å². The van der Waals surface area contributed by atoms with Crippen LogP contribution in [0.2, 0.25) is 0 Å². The fraction of sp³-hybridized carbons (Fsp3) is 0.556. The molecule has 2 nitrogen and oxygen atoms in total. The van der Waals surface area contributed by atoms with Crippen molar-refractivity contribution in [2.24, 2.45) is 0 Å². The Labute approximate surface area is 77.2 Å². The Bertz CT molecular complexity index is 210. The monoisotopic (exact) mass is 185 g/mol. The highest BCUT2D eigenvalue weighted by Gasteiger charge is 2.07. The lowest BCUT2D eigenvalue weighted by atomic mass is 10.1. The summed E-state index contributed by atoms with van der Waals surface area (Å²) in [6.45, 7) is 4.27. The van der Waals surface area contributed by atoms with Gasteiger partial charge in [-0.05, 0) is 36.2 Å². The topological polar surface area (TPSA) is 32.3 Å². The fourth-order valence-electron chi connectivity index (χ4n) is 1.10. The van der Waals surface area contributed by atoms with Crippen molar-refractivity contribution in [3.8, 4) is 0 Å². The predicted molar refractivity (Wildman–Crippen MR) is 52.4 cm³/mol. The van der Waals surface area contributed by atoms with Gasteiger partial charge < -0.3 is 10.4 Å². The van der Waals surface area contributed by atoms with Gasteiger partial charge in [-0.1, -0.05) is 0 Å². The molecule has 68 valence electrons. The zero-order valence-electron chi connectivity index (χ0n) is 7.45. The lowest BCUT2D eigenvalue weighted by Gasteiger charge is -2.16. The normalized spacial score (nSPS) is 15.9. The molecule has 0 spiro atoms. The summed E-state index contributed by atoms with van der Waals surface area (Å²) in [5.41, 5.74) is 1.29. The fourth-order valence-corrected chi connectivity index (χ4v) is 1.85. The van der Waals surface area contributed by atoms with Gasteiger partial charge in [-0.25, -0.2) is 0 Å². The van der Waals surface area contributed by atoms with Crippen LogP contribution in [0, 0.1) is 0 Å². The first-order valence-corrected chi connectivity index (χ1v) is 5.07. The first-order chi connectivity index (χ1) is 5.74. The predicted octanol–water partition coefficient (Wildman–Crippen LogP) is 1.78. The Morgan fingerprint density at radius 2 is 2.33 bits per heavy atom. The highest BCUT2D eigenvalue weighted by Crippen LogP contribution is 2.15. The summed E-state index contributed by atoms with van der Waals surface area (Å²) >= 11 is 1.70. The molecular weight excluding hydrogens is 170 g/mol. The third-order valence-corrected chi connectivity index (χ3v) is 2.55. The van der Waals surface area contributed by atoms with Gasteiger partial charge in [0.15, 0.2) is 0 Å². The van der Waals surface area contributed by atoms with E-state index >= 15 is 0 Å². The van der Waals surface area contributed by atoms with Gasteiger partial charge in [-0.15, -0.1) is 0 Å². The second-order valence-corrected chi connectivity index (χ2v) is 3.81. The molecule has 0 fully saturated rings. The van der Waals surface area contributed by atoms with E-state index in [4.69, 9.17) is 5.11 Å². The van der Waals surface area contributed by atoms with Crippen LogP contribution in [0.3, 0.4) is 0 Å². The van der Waals surface area contributed by atoms with Crippen LogP contribution in [0.25, 0.3) is 0 Å². The molecule has 12 heavy (non-hydrogen) atoms. The lowest BCUT2D eigenvalue weighted by Crippen LogP contribution is -2.31. The van der Waals surface area contributed by atoms with Gasteiger partial charge in [0, 0.05) is 12.1 Å². The van der Waals surface area contributed by atoms with Crippen molar-refractivity contribution in [1.29, 1.82) is 0 Å². The molecule has 0 radical (unpaired) electrons. The number of aliphatic hydroxyl groups excluding tert-OH is 1. The summed E-state index contributed by atoms with van der Waals surface area (Å²) in [7, 11) is 0. The molecule has 0 aliphatic rings. The van der Waals surface area contributed by atoms with E-state index < -0.39 is 0 Å². The van der Waals surface area contributed by atoms with Crippen LogP contribution in [0.15, 0.2) is 16.8 Å². The van der Waals surface area contributed by atoms with Crippen molar-refractivity contribution in [2.75, 3.05) is 6.61 Å².